The Balaban J connectivity index is 2.02. The molecule has 3 nitrogen and oxygen atoms in total. The van der Waals surface area contributed by atoms with Crippen LogP contribution in [0, 0.1) is 0 Å². The summed E-state index contributed by atoms with van der Waals surface area (Å²) >= 11 is 0. The number of benzene rings is 1. The van der Waals surface area contributed by atoms with Gasteiger partial charge in [0.05, 0.1) is 11.6 Å². The second kappa shape index (κ2) is 5.17. The van der Waals surface area contributed by atoms with Crippen LogP contribution in [-0.2, 0) is 6.54 Å². The molecule has 0 bridgehead atoms. The van der Waals surface area contributed by atoms with E-state index >= 15 is 0 Å². The molecule has 0 saturated carbocycles. The van der Waals surface area contributed by atoms with Gasteiger partial charge in [-0.05, 0) is 32.5 Å². The number of hydrogen-bond donors (Lipinski definition) is 2. The molecule has 1 aromatic carbocycles. The van der Waals surface area contributed by atoms with Crippen molar-refractivity contribution in [3.05, 3.63) is 35.9 Å². The van der Waals surface area contributed by atoms with E-state index < -0.39 is 5.60 Å². The SMILES string of the molecule is CN(Cc1ccccc1)C1CNCCC1(C)O. The second-order valence-electron chi connectivity index (χ2n) is 5.23. The fourth-order valence-electron chi connectivity index (χ4n) is 2.58. The van der Waals surface area contributed by atoms with Gasteiger partial charge in [0.1, 0.15) is 0 Å². The first kappa shape index (κ1) is 12.6. The van der Waals surface area contributed by atoms with E-state index in [1.54, 1.807) is 0 Å². The smallest absolute Gasteiger partial charge is 0.0798 e. The summed E-state index contributed by atoms with van der Waals surface area (Å²) in [7, 11) is 2.08. The van der Waals surface area contributed by atoms with Crippen molar-refractivity contribution < 1.29 is 5.11 Å². The molecule has 3 heteroatoms. The minimum absolute atomic E-state index is 0.177. The fourth-order valence-corrected chi connectivity index (χ4v) is 2.58. The van der Waals surface area contributed by atoms with Gasteiger partial charge >= 0.3 is 0 Å². The Kier molecular flexibility index (Phi) is 3.82. The Morgan fingerprint density at radius 3 is 2.76 bits per heavy atom. The summed E-state index contributed by atoms with van der Waals surface area (Å²) in [5.74, 6) is 0. The molecule has 17 heavy (non-hydrogen) atoms. The van der Waals surface area contributed by atoms with Crippen LogP contribution in [0.2, 0.25) is 0 Å². The van der Waals surface area contributed by atoms with Crippen LogP contribution in [0.4, 0.5) is 0 Å². The van der Waals surface area contributed by atoms with Crippen molar-refractivity contribution in [2.75, 3.05) is 20.1 Å². The molecule has 0 radical (unpaired) electrons. The van der Waals surface area contributed by atoms with E-state index in [4.69, 9.17) is 0 Å². The van der Waals surface area contributed by atoms with Crippen molar-refractivity contribution in [2.24, 2.45) is 0 Å². The van der Waals surface area contributed by atoms with Crippen LogP contribution in [0.5, 0.6) is 0 Å². The van der Waals surface area contributed by atoms with Crippen molar-refractivity contribution in [1.29, 1.82) is 0 Å². The van der Waals surface area contributed by atoms with Gasteiger partial charge in [-0.25, -0.2) is 0 Å². The highest BCUT2D eigenvalue weighted by Crippen LogP contribution is 2.22. The number of nitrogens with one attached hydrogen (secondary N) is 1. The molecular formula is C14H22N2O. The summed E-state index contributed by atoms with van der Waals surface area (Å²) in [6, 6.07) is 10.6. The summed E-state index contributed by atoms with van der Waals surface area (Å²) < 4.78 is 0. The van der Waals surface area contributed by atoms with Crippen molar-refractivity contribution in [1.82, 2.24) is 10.2 Å². The van der Waals surface area contributed by atoms with E-state index in [1.807, 2.05) is 13.0 Å². The van der Waals surface area contributed by atoms with E-state index in [9.17, 15) is 5.11 Å². The summed E-state index contributed by atoms with van der Waals surface area (Å²) in [5, 5.41) is 13.8. The standard InChI is InChI=1S/C14H22N2O/c1-14(17)8-9-15-10-13(14)16(2)11-12-6-4-3-5-7-12/h3-7,13,15,17H,8-11H2,1-2H3. The van der Waals surface area contributed by atoms with Crippen molar-refractivity contribution in [3.8, 4) is 0 Å². The van der Waals surface area contributed by atoms with Gasteiger partial charge in [0.2, 0.25) is 0 Å². The molecule has 2 rings (SSSR count). The predicted octanol–water partition coefficient (Wildman–Crippen LogP) is 1.23. The molecule has 94 valence electrons. The first-order chi connectivity index (χ1) is 8.09. The minimum atomic E-state index is -0.589. The number of rotatable bonds is 3. The van der Waals surface area contributed by atoms with Gasteiger partial charge in [-0.1, -0.05) is 30.3 Å². The van der Waals surface area contributed by atoms with E-state index in [0.29, 0.717) is 0 Å². The van der Waals surface area contributed by atoms with Crippen LogP contribution < -0.4 is 5.32 Å². The topological polar surface area (TPSA) is 35.5 Å². The molecule has 1 saturated heterocycles. The summed E-state index contributed by atoms with van der Waals surface area (Å²) in [6.07, 6.45) is 0.816. The Bertz CT molecular complexity index is 350. The van der Waals surface area contributed by atoms with Crippen molar-refractivity contribution in [3.63, 3.8) is 0 Å². The predicted molar refractivity (Wildman–Crippen MR) is 69.8 cm³/mol. The molecule has 1 heterocycles. The van der Waals surface area contributed by atoms with Crippen LogP contribution in [0.25, 0.3) is 0 Å². The molecule has 1 aliphatic heterocycles. The maximum absolute atomic E-state index is 10.4. The zero-order valence-corrected chi connectivity index (χ0v) is 10.7. The van der Waals surface area contributed by atoms with Gasteiger partial charge in [0.15, 0.2) is 0 Å². The summed E-state index contributed by atoms with van der Waals surface area (Å²) in [4.78, 5) is 2.24. The van der Waals surface area contributed by atoms with Crippen LogP contribution in [-0.4, -0.2) is 41.8 Å². The monoisotopic (exact) mass is 234 g/mol. The maximum atomic E-state index is 10.4. The first-order valence-electron chi connectivity index (χ1n) is 6.27. The van der Waals surface area contributed by atoms with Gasteiger partial charge < -0.3 is 10.4 Å². The summed E-state index contributed by atoms with van der Waals surface area (Å²) in [6.45, 7) is 4.59. The molecule has 1 aromatic rings. The highest BCUT2D eigenvalue weighted by Gasteiger charge is 2.36. The lowest BCUT2D eigenvalue weighted by Gasteiger charge is -2.42. The molecule has 2 atom stereocenters. The molecule has 0 spiro atoms. The first-order valence-corrected chi connectivity index (χ1v) is 6.27. The Labute approximate surface area is 103 Å². The third-order valence-corrected chi connectivity index (χ3v) is 3.67. The van der Waals surface area contributed by atoms with Crippen LogP contribution in [0.15, 0.2) is 30.3 Å². The maximum Gasteiger partial charge on any atom is 0.0798 e. The van der Waals surface area contributed by atoms with Gasteiger partial charge in [0, 0.05) is 13.1 Å². The normalized spacial score (nSPS) is 29.5. The van der Waals surface area contributed by atoms with E-state index in [2.05, 4.69) is 41.5 Å². The van der Waals surface area contributed by atoms with Gasteiger partial charge in [-0.2, -0.15) is 0 Å². The highest BCUT2D eigenvalue weighted by atomic mass is 16.3. The van der Waals surface area contributed by atoms with Crippen LogP contribution in [0.1, 0.15) is 18.9 Å². The number of piperidine rings is 1. The average molecular weight is 234 g/mol. The number of aliphatic hydroxyl groups is 1. The summed E-state index contributed by atoms with van der Waals surface area (Å²) in [5.41, 5.74) is 0.700. The third kappa shape index (κ3) is 3.06. The lowest BCUT2D eigenvalue weighted by molar-refractivity contribution is -0.0473. The molecule has 2 unspecified atom stereocenters. The minimum Gasteiger partial charge on any atom is -0.388 e. The van der Waals surface area contributed by atoms with Gasteiger partial charge in [0.25, 0.3) is 0 Å². The largest absolute Gasteiger partial charge is 0.388 e. The van der Waals surface area contributed by atoms with Gasteiger partial charge in [-0.15, -0.1) is 0 Å². The molecule has 2 N–H and O–H groups in total. The lowest BCUT2D eigenvalue weighted by atomic mass is 9.88. The fraction of sp³-hybridized carbons (Fsp3) is 0.571. The second-order valence-corrected chi connectivity index (χ2v) is 5.23. The Hall–Kier alpha value is -0.900. The van der Waals surface area contributed by atoms with E-state index in [-0.39, 0.29) is 6.04 Å². The zero-order valence-electron chi connectivity index (χ0n) is 10.7. The Morgan fingerprint density at radius 2 is 2.12 bits per heavy atom. The lowest BCUT2D eigenvalue weighted by Crippen LogP contribution is -2.59. The van der Waals surface area contributed by atoms with Crippen molar-refractivity contribution >= 4 is 0 Å². The number of nitrogens with zero attached hydrogens (tertiary/aromatic N) is 1. The zero-order chi connectivity index (χ0) is 12.3. The van der Waals surface area contributed by atoms with Crippen LogP contribution >= 0.6 is 0 Å². The average Bonchev–Trinajstić information content (AvgIpc) is 2.29. The molecule has 0 amide bonds. The highest BCUT2D eigenvalue weighted by molar-refractivity contribution is 5.14. The van der Waals surface area contributed by atoms with E-state index in [1.165, 1.54) is 5.56 Å². The van der Waals surface area contributed by atoms with E-state index in [0.717, 1.165) is 26.1 Å². The third-order valence-electron chi connectivity index (χ3n) is 3.67. The quantitative estimate of drug-likeness (QED) is 0.826. The number of likely N-dealkylation sites (N-methyl/N-ethyl adjacent to an activating group) is 1. The number of hydrogen-bond acceptors (Lipinski definition) is 3. The Morgan fingerprint density at radius 1 is 1.41 bits per heavy atom. The van der Waals surface area contributed by atoms with Crippen molar-refractivity contribution in [2.45, 2.75) is 31.5 Å². The molecule has 0 aliphatic carbocycles. The molecule has 1 fully saturated rings. The van der Waals surface area contributed by atoms with Gasteiger partial charge in [-0.3, -0.25) is 4.90 Å². The van der Waals surface area contributed by atoms with Crippen LogP contribution in [0.3, 0.4) is 0 Å². The molecular weight excluding hydrogens is 212 g/mol. The molecule has 0 aromatic heterocycles. The molecule has 1 aliphatic rings.